The molecule has 0 spiro atoms. The van der Waals surface area contributed by atoms with E-state index in [1.807, 2.05) is 6.92 Å². The Morgan fingerprint density at radius 3 is 2.87 bits per heavy atom. The Hall–Kier alpha value is -0.120. The van der Waals surface area contributed by atoms with E-state index in [0.29, 0.717) is 0 Å². The highest BCUT2D eigenvalue weighted by Gasteiger charge is 2.28. The van der Waals surface area contributed by atoms with Crippen molar-refractivity contribution in [3.8, 4) is 0 Å². The Balaban J connectivity index is 1.80. The van der Waals surface area contributed by atoms with Gasteiger partial charge in [-0.2, -0.15) is 0 Å². The minimum absolute atomic E-state index is 0.145. The minimum atomic E-state index is -0.145. The molecule has 2 atom stereocenters. The normalized spacial score (nSPS) is 31.2. The molecule has 3 nitrogen and oxygen atoms in total. The molecule has 88 valence electrons. The molecular weight excluding hydrogens is 188 g/mol. The van der Waals surface area contributed by atoms with Crippen molar-refractivity contribution in [2.75, 3.05) is 32.7 Å². The monoisotopic (exact) mass is 212 g/mol. The van der Waals surface area contributed by atoms with E-state index in [1.165, 1.54) is 45.4 Å². The molecule has 2 heterocycles. The van der Waals surface area contributed by atoms with Gasteiger partial charge in [-0.3, -0.25) is 4.90 Å². The van der Waals surface area contributed by atoms with E-state index in [4.69, 9.17) is 0 Å². The summed E-state index contributed by atoms with van der Waals surface area (Å²) >= 11 is 0. The van der Waals surface area contributed by atoms with Crippen molar-refractivity contribution < 1.29 is 5.11 Å². The molecule has 0 aliphatic carbocycles. The number of hydrogen-bond donors (Lipinski definition) is 1. The second-order valence-corrected chi connectivity index (χ2v) is 5.12. The lowest BCUT2D eigenvalue weighted by atomic mass is 10.2. The molecule has 0 radical (unpaired) electrons. The first-order valence-electron chi connectivity index (χ1n) is 6.40. The predicted molar refractivity (Wildman–Crippen MR) is 61.9 cm³/mol. The second kappa shape index (κ2) is 5.28. The third-order valence-electron chi connectivity index (χ3n) is 3.75. The molecule has 2 unspecified atom stereocenters. The van der Waals surface area contributed by atoms with Gasteiger partial charge in [-0.1, -0.05) is 0 Å². The fourth-order valence-corrected chi connectivity index (χ4v) is 2.86. The van der Waals surface area contributed by atoms with Crippen LogP contribution in [0.3, 0.4) is 0 Å². The van der Waals surface area contributed by atoms with Crippen LogP contribution in [0.5, 0.6) is 0 Å². The number of aliphatic hydroxyl groups excluding tert-OH is 1. The Morgan fingerprint density at radius 1 is 1.27 bits per heavy atom. The van der Waals surface area contributed by atoms with Gasteiger partial charge < -0.3 is 10.0 Å². The van der Waals surface area contributed by atoms with Crippen molar-refractivity contribution in [3.63, 3.8) is 0 Å². The standard InChI is InChI=1S/C12H24N2O/c1-11(15)5-9-13-6-3-8-14-7-2-4-12(14)10-13/h11-12,15H,2-10H2,1H3. The summed E-state index contributed by atoms with van der Waals surface area (Å²) in [6, 6.07) is 0.807. The highest BCUT2D eigenvalue weighted by Crippen LogP contribution is 2.21. The van der Waals surface area contributed by atoms with E-state index in [-0.39, 0.29) is 6.10 Å². The molecule has 2 aliphatic rings. The number of hydrogen-bond acceptors (Lipinski definition) is 3. The molecule has 1 N–H and O–H groups in total. The molecule has 0 aromatic carbocycles. The molecule has 15 heavy (non-hydrogen) atoms. The number of nitrogens with zero attached hydrogens (tertiary/aromatic N) is 2. The average molecular weight is 212 g/mol. The first kappa shape index (κ1) is 11.4. The maximum Gasteiger partial charge on any atom is 0.0524 e. The molecule has 0 aromatic heterocycles. The van der Waals surface area contributed by atoms with Crippen LogP contribution in [0.4, 0.5) is 0 Å². The van der Waals surface area contributed by atoms with Crippen molar-refractivity contribution in [3.05, 3.63) is 0 Å². The zero-order chi connectivity index (χ0) is 10.7. The van der Waals surface area contributed by atoms with Gasteiger partial charge in [0.15, 0.2) is 0 Å². The van der Waals surface area contributed by atoms with E-state index in [2.05, 4.69) is 9.80 Å². The highest BCUT2D eigenvalue weighted by molar-refractivity contribution is 4.84. The molecule has 3 heteroatoms. The van der Waals surface area contributed by atoms with Gasteiger partial charge in [-0.05, 0) is 52.2 Å². The quantitative estimate of drug-likeness (QED) is 0.754. The number of fused-ring (bicyclic) bond motifs is 1. The minimum Gasteiger partial charge on any atom is -0.393 e. The summed E-state index contributed by atoms with van der Waals surface area (Å²) in [5, 5.41) is 9.30. The molecule has 2 rings (SSSR count). The van der Waals surface area contributed by atoms with E-state index < -0.39 is 0 Å². The van der Waals surface area contributed by atoms with Gasteiger partial charge >= 0.3 is 0 Å². The molecule has 0 aromatic rings. The van der Waals surface area contributed by atoms with Gasteiger partial charge in [0.25, 0.3) is 0 Å². The summed E-state index contributed by atoms with van der Waals surface area (Å²) in [5.41, 5.74) is 0. The third-order valence-corrected chi connectivity index (χ3v) is 3.75. The van der Waals surface area contributed by atoms with Crippen molar-refractivity contribution in [1.29, 1.82) is 0 Å². The SMILES string of the molecule is CC(O)CCN1CCCN2CCCC2C1. The van der Waals surface area contributed by atoms with E-state index >= 15 is 0 Å². The lowest BCUT2D eigenvalue weighted by Crippen LogP contribution is -2.37. The van der Waals surface area contributed by atoms with Crippen LogP contribution in [-0.2, 0) is 0 Å². The lowest BCUT2D eigenvalue weighted by Gasteiger charge is -2.25. The lowest BCUT2D eigenvalue weighted by molar-refractivity contribution is 0.150. The van der Waals surface area contributed by atoms with E-state index in [9.17, 15) is 5.11 Å². The van der Waals surface area contributed by atoms with Crippen LogP contribution in [0.1, 0.15) is 32.6 Å². The highest BCUT2D eigenvalue weighted by atomic mass is 16.3. The summed E-state index contributed by atoms with van der Waals surface area (Å²) in [5.74, 6) is 0. The Bertz CT molecular complexity index is 196. The summed E-state index contributed by atoms with van der Waals surface area (Å²) in [7, 11) is 0. The molecule has 0 amide bonds. The summed E-state index contributed by atoms with van der Waals surface area (Å²) in [4.78, 5) is 5.20. The maximum absolute atomic E-state index is 9.30. The van der Waals surface area contributed by atoms with Crippen LogP contribution in [0, 0.1) is 0 Å². The van der Waals surface area contributed by atoms with Crippen LogP contribution in [0.2, 0.25) is 0 Å². The zero-order valence-electron chi connectivity index (χ0n) is 9.86. The van der Waals surface area contributed by atoms with Gasteiger partial charge in [0.1, 0.15) is 0 Å². The largest absolute Gasteiger partial charge is 0.393 e. The summed E-state index contributed by atoms with van der Waals surface area (Å²) in [6.45, 7) is 8.01. The first-order valence-corrected chi connectivity index (χ1v) is 6.40. The van der Waals surface area contributed by atoms with Gasteiger partial charge in [0.05, 0.1) is 6.10 Å². The molecular formula is C12H24N2O. The second-order valence-electron chi connectivity index (χ2n) is 5.12. The third kappa shape index (κ3) is 3.16. The molecule has 0 saturated carbocycles. The van der Waals surface area contributed by atoms with Crippen LogP contribution < -0.4 is 0 Å². The van der Waals surface area contributed by atoms with Crippen molar-refractivity contribution >= 4 is 0 Å². The first-order chi connectivity index (χ1) is 7.25. The zero-order valence-corrected chi connectivity index (χ0v) is 9.86. The van der Waals surface area contributed by atoms with Gasteiger partial charge in [0.2, 0.25) is 0 Å². The van der Waals surface area contributed by atoms with Gasteiger partial charge in [-0.25, -0.2) is 0 Å². The molecule has 2 saturated heterocycles. The molecule has 2 fully saturated rings. The van der Waals surface area contributed by atoms with Crippen LogP contribution >= 0.6 is 0 Å². The number of aliphatic hydroxyl groups is 1. The maximum atomic E-state index is 9.30. The van der Waals surface area contributed by atoms with Gasteiger partial charge in [-0.15, -0.1) is 0 Å². The Morgan fingerprint density at radius 2 is 2.07 bits per heavy atom. The van der Waals surface area contributed by atoms with E-state index in [1.54, 1.807) is 0 Å². The van der Waals surface area contributed by atoms with Crippen molar-refractivity contribution in [2.24, 2.45) is 0 Å². The van der Waals surface area contributed by atoms with E-state index in [0.717, 1.165) is 19.0 Å². The topological polar surface area (TPSA) is 26.7 Å². The fraction of sp³-hybridized carbons (Fsp3) is 1.00. The smallest absolute Gasteiger partial charge is 0.0524 e. The van der Waals surface area contributed by atoms with Crippen LogP contribution in [-0.4, -0.2) is 59.8 Å². The van der Waals surface area contributed by atoms with Crippen molar-refractivity contribution in [2.45, 2.75) is 44.8 Å². The van der Waals surface area contributed by atoms with Crippen LogP contribution in [0.25, 0.3) is 0 Å². The predicted octanol–water partition coefficient (Wildman–Crippen LogP) is 0.927. The summed E-state index contributed by atoms with van der Waals surface area (Å²) < 4.78 is 0. The number of rotatable bonds is 3. The average Bonchev–Trinajstić information content (AvgIpc) is 2.53. The fourth-order valence-electron chi connectivity index (χ4n) is 2.86. The Labute approximate surface area is 93.1 Å². The van der Waals surface area contributed by atoms with Gasteiger partial charge in [0, 0.05) is 19.1 Å². The molecule has 0 bridgehead atoms. The summed E-state index contributed by atoms with van der Waals surface area (Å²) in [6.07, 6.45) is 4.84. The van der Waals surface area contributed by atoms with Crippen LogP contribution in [0.15, 0.2) is 0 Å². The molecule has 2 aliphatic heterocycles. The van der Waals surface area contributed by atoms with Crippen molar-refractivity contribution in [1.82, 2.24) is 9.80 Å². The Kier molecular flexibility index (Phi) is 4.00.